The first kappa shape index (κ1) is 20.0. The van der Waals surface area contributed by atoms with Gasteiger partial charge in [0.05, 0.1) is 24.3 Å². The zero-order valence-electron chi connectivity index (χ0n) is 17.1. The molecule has 0 spiro atoms. The molecule has 5 rings (SSSR count). The molecule has 4 aromatic rings. The van der Waals surface area contributed by atoms with Gasteiger partial charge in [0.15, 0.2) is 0 Å². The molecular weight excluding hydrogens is 430 g/mol. The summed E-state index contributed by atoms with van der Waals surface area (Å²) in [6, 6.07) is 15.6. The Labute approximate surface area is 184 Å². The molecule has 0 unspecified atom stereocenters. The van der Waals surface area contributed by atoms with Gasteiger partial charge >= 0.3 is 0 Å². The van der Waals surface area contributed by atoms with E-state index in [-0.39, 0.29) is 16.0 Å². The van der Waals surface area contributed by atoms with Crippen molar-refractivity contribution in [3.05, 3.63) is 66.4 Å². The van der Waals surface area contributed by atoms with E-state index in [9.17, 15) is 8.42 Å². The van der Waals surface area contributed by atoms with E-state index in [0.717, 1.165) is 28.1 Å². The van der Waals surface area contributed by atoms with Crippen LogP contribution >= 0.6 is 0 Å². The molecule has 2 aromatic heterocycles. The Morgan fingerprint density at radius 3 is 2.78 bits per heavy atom. The second-order valence-electron chi connectivity index (χ2n) is 7.06. The highest BCUT2D eigenvalue weighted by Gasteiger charge is 2.25. The van der Waals surface area contributed by atoms with Gasteiger partial charge in [-0.25, -0.2) is 18.5 Å². The molecule has 0 radical (unpaired) electrons. The standard InChI is InChI=1S/C22H19N5O4S/c1-30-19-13-14(9-11-23-19)16-7-8-18-17(10-12-31-18)20(16)24-21-25-22(27-26-21)32(28,29)15-5-3-2-4-6-15/h2-9,11,13H,10,12H2,1H3,(H2,24,25,26,27). The highest BCUT2D eigenvalue weighted by atomic mass is 32.2. The van der Waals surface area contributed by atoms with E-state index in [1.807, 2.05) is 24.3 Å². The maximum absolute atomic E-state index is 12.8. The molecule has 10 heteroatoms. The monoisotopic (exact) mass is 449 g/mol. The van der Waals surface area contributed by atoms with Crippen molar-refractivity contribution < 1.29 is 17.9 Å². The molecule has 0 aliphatic carbocycles. The molecule has 2 N–H and O–H groups in total. The highest BCUT2D eigenvalue weighted by molar-refractivity contribution is 7.91. The van der Waals surface area contributed by atoms with Crippen LogP contribution in [0.1, 0.15) is 5.56 Å². The van der Waals surface area contributed by atoms with Crippen LogP contribution in [-0.2, 0) is 16.3 Å². The predicted molar refractivity (Wildman–Crippen MR) is 117 cm³/mol. The lowest BCUT2D eigenvalue weighted by molar-refractivity contribution is 0.357. The summed E-state index contributed by atoms with van der Waals surface area (Å²) < 4.78 is 36.7. The van der Waals surface area contributed by atoms with Crippen LogP contribution in [0.5, 0.6) is 11.6 Å². The molecule has 0 fully saturated rings. The van der Waals surface area contributed by atoms with E-state index < -0.39 is 9.84 Å². The van der Waals surface area contributed by atoms with E-state index in [1.54, 1.807) is 31.5 Å². The minimum absolute atomic E-state index is 0.140. The third-order valence-electron chi connectivity index (χ3n) is 5.14. The number of fused-ring (bicyclic) bond motifs is 1. The first-order chi connectivity index (χ1) is 15.6. The third kappa shape index (κ3) is 3.54. The van der Waals surface area contributed by atoms with Gasteiger partial charge in [0.2, 0.25) is 26.8 Å². The third-order valence-corrected chi connectivity index (χ3v) is 6.73. The van der Waals surface area contributed by atoms with Gasteiger partial charge in [0.25, 0.3) is 0 Å². The molecule has 1 aliphatic rings. The van der Waals surface area contributed by atoms with Crippen molar-refractivity contribution in [1.82, 2.24) is 20.2 Å². The van der Waals surface area contributed by atoms with Gasteiger partial charge in [-0.2, -0.15) is 4.98 Å². The van der Waals surface area contributed by atoms with Crippen LogP contribution in [0.2, 0.25) is 0 Å². The Hall–Kier alpha value is -3.92. The fourth-order valence-electron chi connectivity index (χ4n) is 3.59. The lowest BCUT2D eigenvalue weighted by Gasteiger charge is -2.14. The van der Waals surface area contributed by atoms with Gasteiger partial charge in [0, 0.05) is 29.8 Å². The molecule has 0 saturated heterocycles. The largest absolute Gasteiger partial charge is 0.493 e. The molecule has 162 valence electrons. The predicted octanol–water partition coefficient (Wildman–Crippen LogP) is 3.39. The smallest absolute Gasteiger partial charge is 0.249 e. The summed E-state index contributed by atoms with van der Waals surface area (Å²) in [4.78, 5) is 8.51. The minimum Gasteiger partial charge on any atom is -0.493 e. The molecule has 3 heterocycles. The minimum atomic E-state index is -3.81. The van der Waals surface area contributed by atoms with Crippen LogP contribution < -0.4 is 14.8 Å². The average Bonchev–Trinajstić information content (AvgIpc) is 3.50. The number of benzene rings is 2. The first-order valence-corrected chi connectivity index (χ1v) is 11.3. The zero-order valence-corrected chi connectivity index (χ0v) is 17.9. The molecule has 0 saturated carbocycles. The van der Waals surface area contributed by atoms with Crippen LogP contribution in [0.3, 0.4) is 0 Å². The van der Waals surface area contributed by atoms with E-state index in [2.05, 4.69) is 25.5 Å². The fourth-order valence-corrected chi connectivity index (χ4v) is 4.70. The van der Waals surface area contributed by atoms with Crippen LogP contribution in [0, 0.1) is 0 Å². The molecule has 9 nitrogen and oxygen atoms in total. The molecular formula is C22H19N5O4S. The van der Waals surface area contributed by atoms with E-state index in [1.165, 1.54) is 12.1 Å². The number of hydrogen-bond acceptors (Lipinski definition) is 8. The van der Waals surface area contributed by atoms with Crippen molar-refractivity contribution in [1.29, 1.82) is 0 Å². The van der Waals surface area contributed by atoms with Crippen LogP contribution in [-0.4, -0.2) is 42.3 Å². The summed E-state index contributed by atoms with van der Waals surface area (Å²) in [6.07, 6.45) is 2.37. The number of ether oxygens (including phenoxy) is 2. The number of aromatic amines is 1. The summed E-state index contributed by atoms with van der Waals surface area (Å²) in [6.45, 7) is 0.564. The highest BCUT2D eigenvalue weighted by Crippen LogP contribution is 2.41. The number of methoxy groups -OCH3 is 1. The van der Waals surface area contributed by atoms with Crippen LogP contribution in [0.15, 0.2) is 70.8 Å². The van der Waals surface area contributed by atoms with E-state index >= 15 is 0 Å². The number of anilines is 2. The fraction of sp³-hybridized carbons (Fsp3) is 0.136. The van der Waals surface area contributed by atoms with Crippen molar-refractivity contribution in [3.63, 3.8) is 0 Å². The van der Waals surface area contributed by atoms with Crippen molar-refractivity contribution >= 4 is 21.5 Å². The van der Waals surface area contributed by atoms with Gasteiger partial charge < -0.3 is 14.8 Å². The molecule has 2 aromatic carbocycles. The van der Waals surface area contributed by atoms with Gasteiger partial charge in [-0.15, -0.1) is 5.10 Å². The average molecular weight is 449 g/mol. The summed E-state index contributed by atoms with van der Waals surface area (Å²) in [5, 5.41) is 9.59. The van der Waals surface area contributed by atoms with Crippen molar-refractivity contribution in [2.24, 2.45) is 0 Å². The molecule has 32 heavy (non-hydrogen) atoms. The molecule has 0 atom stereocenters. The van der Waals surface area contributed by atoms with Crippen molar-refractivity contribution in [3.8, 4) is 22.8 Å². The Kier molecular flexibility index (Phi) is 4.98. The quantitative estimate of drug-likeness (QED) is 0.460. The van der Waals surface area contributed by atoms with Gasteiger partial charge in [0.1, 0.15) is 5.75 Å². The Bertz CT molecular complexity index is 1390. The topological polar surface area (TPSA) is 119 Å². The number of sulfone groups is 1. The van der Waals surface area contributed by atoms with Crippen molar-refractivity contribution in [2.75, 3.05) is 19.0 Å². The summed E-state index contributed by atoms with van der Waals surface area (Å²) in [5.74, 6) is 1.39. The van der Waals surface area contributed by atoms with Gasteiger partial charge in [-0.1, -0.05) is 18.2 Å². The number of H-pyrrole nitrogens is 1. The maximum Gasteiger partial charge on any atom is 0.249 e. The lowest BCUT2D eigenvalue weighted by atomic mass is 9.99. The first-order valence-electron chi connectivity index (χ1n) is 9.85. The van der Waals surface area contributed by atoms with Gasteiger partial charge in [-0.3, -0.25) is 0 Å². The van der Waals surface area contributed by atoms with Crippen LogP contribution in [0.25, 0.3) is 11.1 Å². The normalized spacial score (nSPS) is 12.8. The van der Waals surface area contributed by atoms with E-state index in [4.69, 9.17) is 9.47 Å². The Balaban J connectivity index is 1.55. The molecule has 0 amide bonds. The molecule has 1 aliphatic heterocycles. The number of nitrogens with one attached hydrogen (secondary N) is 2. The van der Waals surface area contributed by atoms with Crippen molar-refractivity contribution in [2.45, 2.75) is 16.5 Å². The van der Waals surface area contributed by atoms with Gasteiger partial charge in [-0.05, 0) is 35.9 Å². The number of rotatable bonds is 6. The summed E-state index contributed by atoms with van der Waals surface area (Å²) in [7, 11) is -2.25. The molecule has 0 bridgehead atoms. The number of aromatic nitrogens is 4. The summed E-state index contributed by atoms with van der Waals surface area (Å²) in [5.41, 5.74) is 3.46. The van der Waals surface area contributed by atoms with E-state index in [0.29, 0.717) is 18.9 Å². The second-order valence-corrected chi connectivity index (χ2v) is 8.92. The van der Waals surface area contributed by atoms with Crippen LogP contribution in [0.4, 0.5) is 11.6 Å². The number of nitrogens with zero attached hydrogens (tertiary/aromatic N) is 3. The summed E-state index contributed by atoms with van der Waals surface area (Å²) >= 11 is 0. The SMILES string of the molecule is COc1cc(-c2ccc3c(c2Nc2n[nH]c(S(=O)(=O)c4ccccc4)n2)CCO3)ccn1. The second kappa shape index (κ2) is 7.97. The lowest BCUT2D eigenvalue weighted by Crippen LogP contribution is -2.04. The number of pyridine rings is 1. The Morgan fingerprint density at radius 1 is 1.12 bits per heavy atom. The Morgan fingerprint density at radius 2 is 1.97 bits per heavy atom. The maximum atomic E-state index is 12.8. The number of hydrogen-bond donors (Lipinski definition) is 2. The zero-order chi connectivity index (χ0) is 22.1.